The minimum atomic E-state index is -1.03. The molecule has 1 aliphatic carbocycles. The van der Waals surface area contributed by atoms with E-state index in [2.05, 4.69) is 35.1 Å². The summed E-state index contributed by atoms with van der Waals surface area (Å²) < 4.78 is 0.916. The third kappa shape index (κ3) is 5.14. The molecule has 1 unspecified atom stereocenters. The molecule has 1 atom stereocenters. The summed E-state index contributed by atoms with van der Waals surface area (Å²) in [4.78, 5) is 40.5. The van der Waals surface area contributed by atoms with Crippen LogP contribution in [0.4, 0.5) is 5.69 Å². The lowest BCUT2D eigenvalue weighted by atomic mass is 9.74. The quantitative estimate of drug-likeness (QED) is 0.507. The average molecular weight is 542 g/mol. The van der Waals surface area contributed by atoms with Crippen molar-refractivity contribution >= 4 is 39.4 Å². The molecule has 4 N–H and O–H groups in total. The first kappa shape index (κ1) is 25.4. The molecule has 0 aromatic heterocycles. The van der Waals surface area contributed by atoms with Crippen LogP contribution >= 0.6 is 15.9 Å². The minimum absolute atomic E-state index is 0.0144. The summed E-state index contributed by atoms with van der Waals surface area (Å²) in [5, 5.41) is 12.1. The fourth-order valence-electron chi connectivity index (χ4n) is 5.52. The van der Waals surface area contributed by atoms with Gasteiger partial charge in [0.15, 0.2) is 0 Å². The zero-order chi connectivity index (χ0) is 25.3. The molecule has 8 heteroatoms. The van der Waals surface area contributed by atoms with Gasteiger partial charge in [0.05, 0.1) is 5.56 Å². The van der Waals surface area contributed by atoms with Gasteiger partial charge in [-0.2, -0.15) is 0 Å². The van der Waals surface area contributed by atoms with Crippen LogP contribution < -0.4 is 11.1 Å². The predicted octanol–water partition coefficient (Wildman–Crippen LogP) is 4.71. The molecule has 1 heterocycles. The zero-order valence-electron chi connectivity index (χ0n) is 20.1. The number of hydrogen-bond acceptors (Lipinski definition) is 4. The van der Waals surface area contributed by atoms with Gasteiger partial charge in [-0.15, -0.1) is 0 Å². The number of nitrogens with two attached hydrogens (primary N) is 1. The smallest absolute Gasteiger partial charge is 0.335 e. The Kier molecular flexibility index (Phi) is 7.33. The van der Waals surface area contributed by atoms with E-state index in [9.17, 15) is 14.4 Å². The molecule has 2 aromatic rings. The normalized spacial score (nSPS) is 23.3. The van der Waals surface area contributed by atoms with Crippen LogP contribution in [0, 0.1) is 11.8 Å². The maximum atomic E-state index is 13.9. The van der Waals surface area contributed by atoms with E-state index in [4.69, 9.17) is 10.8 Å². The average Bonchev–Trinajstić information content (AvgIpc) is 2.83. The molecule has 4 rings (SSSR count). The fourth-order valence-corrected chi connectivity index (χ4v) is 6.44. The van der Waals surface area contributed by atoms with Gasteiger partial charge in [0.2, 0.25) is 5.91 Å². The van der Waals surface area contributed by atoms with Crippen LogP contribution in [0.1, 0.15) is 67.1 Å². The highest BCUT2D eigenvalue weighted by Crippen LogP contribution is 2.45. The molecule has 1 saturated carbocycles. The molecule has 2 aliphatic rings. The van der Waals surface area contributed by atoms with Gasteiger partial charge in [-0.05, 0) is 79.6 Å². The number of nitrogens with one attached hydrogen (secondary N) is 1. The molecular weight excluding hydrogens is 510 g/mol. The number of hydrogen-bond donors (Lipinski definition) is 3. The number of amides is 2. The summed E-state index contributed by atoms with van der Waals surface area (Å²) in [6.45, 7) is 5.26. The van der Waals surface area contributed by atoms with E-state index >= 15 is 0 Å². The third-order valence-electron chi connectivity index (χ3n) is 7.35. The lowest BCUT2D eigenvalue weighted by Crippen LogP contribution is -2.53. The SMILES string of the molecule is CC1(C)CN(C(=O)[C@H]2CC[C@H](CN)CC2)C(C(=O)Nc2ccc(C(=O)O)cc2)c2cccc(Br)c21. The van der Waals surface area contributed by atoms with Crippen LogP contribution in [0.5, 0.6) is 0 Å². The topological polar surface area (TPSA) is 113 Å². The Labute approximate surface area is 214 Å². The number of benzene rings is 2. The van der Waals surface area contributed by atoms with E-state index < -0.39 is 12.0 Å². The molecule has 1 fully saturated rings. The summed E-state index contributed by atoms with van der Waals surface area (Å²) in [5.41, 5.74) is 7.95. The van der Waals surface area contributed by atoms with Crippen LogP contribution in [0.25, 0.3) is 0 Å². The maximum absolute atomic E-state index is 13.9. The van der Waals surface area contributed by atoms with Gasteiger partial charge in [0.1, 0.15) is 6.04 Å². The predicted molar refractivity (Wildman–Crippen MR) is 138 cm³/mol. The van der Waals surface area contributed by atoms with Gasteiger partial charge in [0, 0.05) is 28.0 Å². The highest BCUT2D eigenvalue weighted by molar-refractivity contribution is 9.10. The van der Waals surface area contributed by atoms with Gasteiger partial charge in [-0.3, -0.25) is 9.59 Å². The summed E-state index contributed by atoms with van der Waals surface area (Å²) >= 11 is 3.67. The number of anilines is 1. The van der Waals surface area contributed by atoms with Crippen molar-refractivity contribution in [2.45, 2.75) is 51.0 Å². The lowest BCUT2D eigenvalue weighted by molar-refractivity contribution is -0.145. The molecule has 1 aliphatic heterocycles. The molecule has 2 aromatic carbocycles. The number of fused-ring (bicyclic) bond motifs is 1. The number of carboxylic acid groups (broad SMARTS) is 1. The van der Waals surface area contributed by atoms with Crippen LogP contribution in [-0.2, 0) is 15.0 Å². The Hall–Kier alpha value is -2.71. The fraction of sp³-hybridized carbons (Fsp3) is 0.444. The first-order chi connectivity index (χ1) is 16.6. The standard InChI is InChI=1S/C27H32BrN3O4/c1-27(2)15-31(25(33)17-8-6-16(14-29)7-9-17)23(20-4-3-5-21(28)22(20)27)24(32)30-19-12-10-18(11-13-19)26(34)35/h3-5,10-13,16-17,23H,6-9,14-15,29H2,1-2H3,(H,30,32)(H,34,35)/t16-,17-,23?. The van der Waals surface area contributed by atoms with Crippen molar-refractivity contribution in [2.75, 3.05) is 18.4 Å². The van der Waals surface area contributed by atoms with Crippen molar-refractivity contribution in [1.82, 2.24) is 4.90 Å². The van der Waals surface area contributed by atoms with Gasteiger partial charge >= 0.3 is 5.97 Å². The molecule has 2 amide bonds. The second-order valence-corrected chi connectivity index (χ2v) is 11.1. The number of nitrogens with zero attached hydrogens (tertiary/aromatic N) is 1. The molecule has 0 bridgehead atoms. The van der Waals surface area contributed by atoms with Gasteiger partial charge < -0.3 is 21.1 Å². The zero-order valence-corrected chi connectivity index (χ0v) is 21.7. The Morgan fingerprint density at radius 3 is 2.34 bits per heavy atom. The van der Waals surface area contributed by atoms with E-state index in [1.807, 2.05) is 18.2 Å². The molecule has 7 nitrogen and oxygen atoms in total. The van der Waals surface area contributed by atoms with Gasteiger partial charge in [-0.1, -0.05) is 41.9 Å². The Balaban J connectivity index is 1.68. The van der Waals surface area contributed by atoms with Crippen LogP contribution in [0.2, 0.25) is 0 Å². The van der Waals surface area contributed by atoms with Crippen molar-refractivity contribution < 1.29 is 19.5 Å². The van der Waals surface area contributed by atoms with Crippen molar-refractivity contribution in [3.63, 3.8) is 0 Å². The van der Waals surface area contributed by atoms with Crippen molar-refractivity contribution in [1.29, 1.82) is 0 Å². The molecule has 0 saturated heterocycles. The van der Waals surface area contributed by atoms with Crippen LogP contribution in [0.15, 0.2) is 46.9 Å². The molecule has 0 spiro atoms. The summed E-state index contributed by atoms with van der Waals surface area (Å²) in [6, 6.07) is 11.0. The number of carboxylic acids is 1. The lowest BCUT2D eigenvalue weighted by Gasteiger charge is -2.46. The molecule has 186 valence electrons. The Bertz CT molecular complexity index is 1120. The molecule has 35 heavy (non-hydrogen) atoms. The summed E-state index contributed by atoms with van der Waals surface area (Å²) in [5.74, 6) is -0.987. The Morgan fingerprint density at radius 1 is 1.09 bits per heavy atom. The van der Waals surface area contributed by atoms with E-state index in [0.717, 1.165) is 41.3 Å². The Morgan fingerprint density at radius 2 is 1.74 bits per heavy atom. The van der Waals surface area contributed by atoms with Gasteiger partial charge in [0.25, 0.3) is 5.91 Å². The second kappa shape index (κ2) is 10.1. The minimum Gasteiger partial charge on any atom is -0.478 e. The van der Waals surface area contributed by atoms with Crippen molar-refractivity contribution in [2.24, 2.45) is 17.6 Å². The second-order valence-electron chi connectivity index (χ2n) is 10.3. The number of carbonyl (C=O) groups is 3. The monoisotopic (exact) mass is 541 g/mol. The third-order valence-corrected chi connectivity index (χ3v) is 8.02. The maximum Gasteiger partial charge on any atom is 0.335 e. The molecule has 0 radical (unpaired) electrons. The van der Waals surface area contributed by atoms with Crippen LogP contribution in [-0.4, -0.2) is 40.9 Å². The van der Waals surface area contributed by atoms with Crippen molar-refractivity contribution in [3.8, 4) is 0 Å². The number of carbonyl (C=O) groups excluding carboxylic acids is 2. The summed E-state index contributed by atoms with van der Waals surface area (Å²) in [6.07, 6.45) is 3.43. The number of aromatic carboxylic acids is 1. The van der Waals surface area contributed by atoms with E-state index in [1.165, 1.54) is 12.1 Å². The summed E-state index contributed by atoms with van der Waals surface area (Å²) in [7, 11) is 0. The number of rotatable bonds is 5. The van der Waals surface area contributed by atoms with Crippen LogP contribution in [0.3, 0.4) is 0 Å². The first-order valence-corrected chi connectivity index (χ1v) is 12.9. The highest BCUT2D eigenvalue weighted by Gasteiger charge is 2.45. The van der Waals surface area contributed by atoms with Gasteiger partial charge in [-0.25, -0.2) is 4.79 Å². The van der Waals surface area contributed by atoms with E-state index in [1.54, 1.807) is 17.0 Å². The highest BCUT2D eigenvalue weighted by atomic mass is 79.9. The largest absolute Gasteiger partial charge is 0.478 e. The van der Waals surface area contributed by atoms with E-state index in [-0.39, 0.29) is 28.7 Å². The van der Waals surface area contributed by atoms with Crippen molar-refractivity contribution in [3.05, 3.63) is 63.6 Å². The first-order valence-electron chi connectivity index (χ1n) is 12.1. The number of halogens is 1. The molecular formula is C27H32BrN3O4. The van der Waals surface area contributed by atoms with E-state index in [0.29, 0.717) is 24.7 Å².